The number of nitrogens with one attached hydrogen (secondary N) is 1. The zero-order chi connectivity index (χ0) is 27.1. The van der Waals surface area contributed by atoms with Gasteiger partial charge in [0.2, 0.25) is 5.75 Å². The molecular formula is C30H34N2O6. The van der Waals surface area contributed by atoms with E-state index in [1.165, 1.54) is 0 Å². The molecule has 0 radical (unpaired) electrons. The summed E-state index contributed by atoms with van der Waals surface area (Å²) in [5.41, 5.74) is 2.66. The van der Waals surface area contributed by atoms with E-state index in [0.717, 1.165) is 5.56 Å². The Morgan fingerprint density at radius 2 is 1.58 bits per heavy atom. The van der Waals surface area contributed by atoms with E-state index in [2.05, 4.69) is 5.32 Å². The highest BCUT2D eigenvalue weighted by Crippen LogP contribution is 2.40. The Balaban J connectivity index is 1.60. The molecule has 200 valence electrons. The lowest BCUT2D eigenvalue weighted by atomic mass is 10.1. The van der Waals surface area contributed by atoms with Crippen LogP contribution in [0.25, 0.3) is 0 Å². The van der Waals surface area contributed by atoms with Gasteiger partial charge in [-0.15, -0.1) is 0 Å². The first-order valence-electron chi connectivity index (χ1n) is 13.0. The third-order valence-corrected chi connectivity index (χ3v) is 6.06. The molecule has 4 rings (SSSR count). The Hall–Kier alpha value is -4.20. The van der Waals surface area contributed by atoms with E-state index >= 15 is 0 Å². The number of amides is 2. The molecule has 8 heteroatoms. The van der Waals surface area contributed by atoms with Gasteiger partial charge in [0.25, 0.3) is 11.8 Å². The highest BCUT2D eigenvalue weighted by atomic mass is 16.5. The normalized spacial score (nSPS) is 14.4. The van der Waals surface area contributed by atoms with Gasteiger partial charge >= 0.3 is 0 Å². The van der Waals surface area contributed by atoms with Crippen LogP contribution < -0.4 is 29.2 Å². The number of carbonyl (C=O) groups excluding carboxylic acids is 2. The van der Waals surface area contributed by atoms with Gasteiger partial charge in [0, 0.05) is 17.8 Å². The molecule has 38 heavy (non-hydrogen) atoms. The van der Waals surface area contributed by atoms with Crippen LogP contribution in [0, 0.1) is 0 Å². The molecule has 0 bridgehead atoms. The topological polar surface area (TPSA) is 86.3 Å². The fraction of sp³-hybridized carbons (Fsp3) is 0.333. The zero-order valence-corrected chi connectivity index (χ0v) is 22.3. The number of hydrogen-bond acceptors (Lipinski definition) is 6. The van der Waals surface area contributed by atoms with Gasteiger partial charge in [-0.05, 0) is 70.0 Å². The molecule has 0 spiro atoms. The zero-order valence-electron chi connectivity index (χ0n) is 22.3. The molecule has 0 fully saturated rings. The van der Waals surface area contributed by atoms with Crippen molar-refractivity contribution < 1.29 is 28.5 Å². The third-order valence-electron chi connectivity index (χ3n) is 6.06. The molecule has 8 nitrogen and oxygen atoms in total. The Kier molecular flexibility index (Phi) is 8.73. The van der Waals surface area contributed by atoms with Crippen molar-refractivity contribution in [3.05, 3.63) is 71.8 Å². The van der Waals surface area contributed by atoms with Gasteiger partial charge in [-0.2, -0.15) is 0 Å². The summed E-state index contributed by atoms with van der Waals surface area (Å²) in [5, 5.41) is 2.93. The van der Waals surface area contributed by atoms with Crippen LogP contribution in [0.3, 0.4) is 0 Å². The van der Waals surface area contributed by atoms with Crippen molar-refractivity contribution >= 4 is 23.2 Å². The average Bonchev–Trinajstić information content (AvgIpc) is 2.91. The second-order valence-electron chi connectivity index (χ2n) is 8.72. The predicted molar refractivity (Wildman–Crippen MR) is 147 cm³/mol. The van der Waals surface area contributed by atoms with E-state index in [-0.39, 0.29) is 11.8 Å². The first-order chi connectivity index (χ1) is 18.4. The molecule has 1 N–H and O–H groups in total. The summed E-state index contributed by atoms with van der Waals surface area (Å²) < 4.78 is 23.1. The molecule has 3 aromatic carbocycles. The largest absolute Gasteiger partial charge is 0.490 e. The van der Waals surface area contributed by atoms with Crippen molar-refractivity contribution in [2.75, 3.05) is 36.6 Å². The van der Waals surface area contributed by atoms with Gasteiger partial charge in [-0.1, -0.05) is 30.3 Å². The molecule has 1 aliphatic heterocycles. The summed E-state index contributed by atoms with van der Waals surface area (Å²) in [6.07, 6.45) is 0.110. The minimum Gasteiger partial charge on any atom is -0.490 e. The van der Waals surface area contributed by atoms with E-state index in [1.54, 1.807) is 42.2 Å². The maximum Gasteiger partial charge on any atom is 0.267 e. The van der Waals surface area contributed by atoms with Gasteiger partial charge in [-0.25, -0.2) is 0 Å². The smallest absolute Gasteiger partial charge is 0.267 e. The highest BCUT2D eigenvalue weighted by Gasteiger charge is 2.31. The number of benzene rings is 3. The summed E-state index contributed by atoms with van der Waals surface area (Å²) in [7, 11) is 0. The molecule has 0 saturated heterocycles. The number of nitrogens with zero attached hydrogens (tertiary/aromatic N) is 1. The van der Waals surface area contributed by atoms with Gasteiger partial charge in [0.05, 0.1) is 25.5 Å². The molecule has 1 aliphatic rings. The van der Waals surface area contributed by atoms with Gasteiger partial charge in [0.1, 0.15) is 5.75 Å². The monoisotopic (exact) mass is 518 g/mol. The van der Waals surface area contributed by atoms with Crippen LogP contribution in [0.4, 0.5) is 11.4 Å². The standard InChI is InChI=1S/C30H34N2O6/c1-5-35-26-17-22(18-27(36-6-2)28(26)37-7-3)29(33)31-23-13-14-25-24(19-23)32(30(34)20(4)38-25)16-15-21-11-9-8-10-12-21/h8-14,17-20H,5-7,15-16H2,1-4H3,(H,31,33). The minimum atomic E-state index is -0.587. The van der Waals surface area contributed by atoms with Crippen LogP contribution in [0.2, 0.25) is 0 Å². The van der Waals surface area contributed by atoms with Crippen molar-refractivity contribution in [2.24, 2.45) is 0 Å². The van der Waals surface area contributed by atoms with Crippen LogP contribution >= 0.6 is 0 Å². The lowest BCUT2D eigenvalue weighted by Crippen LogP contribution is -2.45. The molecule has 1 atom stereocenters. The van der Waals surface area contributed by atoms with Crippen molar-refractivity contribution in [1.82, 2.24) is 0 Å². The molecule has 0 aliphatic carbocycles. The van der Waals surface area contributed by atoms with Crippen molar-refractivity contribution in [3.8, 4) is 23.0 Å². The van der Waals surface area contributed by atoms with Gasteiger partial charge in [0.15, 0.2) is 17.6 Å². The number of ether oxygens (including phenoxy) is 4. The number of hydrogen-bond donors (Lipinski definition) is 1. The second-order valence-corrected chi connectivity index (χ2v) is 8.72. The Bertz CT molecular complexity index is 1250. The quantitative estimate of drug-likeness (QED) is 0.361. The third kappa shape index (κ3) is 6.02. The Morgan fingerprint density at radius 3 is 2.21 bits per heavy atom. The fourth-order valence-electron chi connectivity index (χ4n) is 4.32. The summed E-state index contributed by atoms with van der Waals surface area (Å²) in [6, 6.07) is 18.6. The Labute approximate surface area is 223 Å². The molecule has 1 unspecified atom stereocenters. The lowest BCUT2D eigenvalue weighted by molar-refractivity contribution is -0.125. The average molecular weight is 519 g/mol. The van der Waals surface area contributed by atoms with Crippen molar-refractivity contribution in [3.63, 3.8) is 0 Å². The molecule has 0 saturated carbocycles. The van der Waals surface area contributed by atoms with E-state index in [1.807, 2.05) is 51.1 Å². The van der Waals surface area contributed by atoms with Crippen LogP contribution in [-0.2, 0) is 11.2 Å². The van der Waals surface area contributed by atoms with Crippen LogP contribution in [0.5, 0.6) is 23.0 Å². The predicted octanol–water partition coefficient (Wildman–Crippen LogP) is 5.49. The number of carbonyl (C=O) groups is 2. The molecule has 2 amide bonds. The van der Waals surface area contributed by atoms with E-state index < -0.39 is 6.10 Å². The van der Waals surface area contributed by atoms with Crippen molar-refractivity contribution in [1.29, 1.82) is 0 Å². The van der Waals surface area contributed by atoms with E-state index in [0.29, 0.717) is 72.7 Å². The van der Waals surface area contributed by atoms with E-state index in [4.69, 9.17) is 18.9 Å². The van der Waals surface area contributed by atoms with Crippen molar-refractivity contribution in [2.45, 2.75) is 40.2 Å². The minimum absolute atomic E-state index is 0.119. The maximum absolute atomic E-state index is 13.3. The SMILES string of the molecule is CCOc1cc(C(=O)Nc2ccc3c(c2)N(CCc2ccccc2)C(=O)C(C)O3)cc(OCC)c1OCC. The molecule has 1 heterocycles. The van der Waals surface area contributed by atoms with Crippen LogP contribution in [0.15, 0.2) is 60.7 Å². The fourth-order valence-corrected chi connectivity index (χ4v) is 4.32. The summed E-state index contributed by atoms with van der Waals surface area (Å²) in [5.74, 6) is 1.49. The number of anilines is 2. The summed E-state index contributed by atoms with van der Waals surface area (Å²) in [4.78, 5) is 28.0. The van der Waals surface area contributed by atoms with Gasteiger partial charge in [-0.3, -0.25) is 9.59 Å². The van der Waals surface area contributed by atoms with Crippen LogP contribution in [-0.4, -0.2) is 44.3 Å². The molecule has 0 aromatic heterocycles. The second kappa shape index (κ2) is 12.4. The molecular weight excluding hydrogens is 484 g/mol. The molecule has 3 aromatic rings. The number of rotatable bonds is 11. The summed E-state index contributed by atoms with van der Waals surface area (Å²) >= 11 is 0. The summed E-state index contributed by atoms with van der Waals surface area (Å²) in [6.45, 7) is 9.10. The Morgan fingerprint density at radius 1 is 0.921 bits per heavy atom. The number of fused-ring (bicyclic) bond motifs is 1. The first kappa shape index (κ1) is 26.9. The highest BCUT2D eigenvalue weighted by molar-refractivity contribution is 6.06. The maximum atomic E-state index is 13.3. The first-order valence-corrected chi connectivity index (χ1v) is 13.0. The van der Waals surface area contributed by atoms with E-state index in [9.17, 15) is 9.59 Å². The lowest BCUT2D eigenvalue weighted by Gasteiger charge is -2.33. The van der Waals surface area contributed by atoms with Crippen LogP contribution in [0.1, 0.15) is 43.6 Å². The van der Waals surface area contributed by atoms with Gasteiger partial charge < -0.3 is 29.2 Å².